The van der Waals surface area contributed by atoms with Gasteiger partial charge in [0.05, 0.1) is 5.69 Å². The lowest BCUT2D eigenvalue weighted by Crippen LogP contribution is -2.20. The smallest absolute Gasteiger partial charge is 0.281 e. The van der Waals surface area contributed by atoms with E-state index in [1.807, 2.05) is 0 Å². The standard InChI is InChI=1S/C12H8F2N4O/c1-7-15-16-11-12(19)18(5-4-17(7)11)8-2-3-9(13)10(14)6-8/h2-6H,1H3. The highest BCUT2D eigenvalue weighted by atomic mass is 19.2. The van der Waals surface area contributed by atoms with Gasteiger partial charge in [0.1, 0.15) is 5.82 Å². The minimum atomic E-state index is -1.01. The number of fused-ring (bicyclic) bond motifs is 1. The van der Waals surface area contributed by atoms with E-state index < -0.39 is 17.2 Å². The lowest BCUT2D eigenvalue weighted by atomic mass is 10.3. The number of halogens is 2. The average molecular weight is 262 g/mol. The zero-order chi connectivity index (χ0) is 13.6. The maximum absolute atomic E-state index is 13.2. The van der Waals surface area contributed by atoms with Gasteiger partial charge in [-0.2, -0.15) is 0 Å². The fourth-order valence-corrected chi connectivity index (χ4v) is 1.84. The van der Waals surface area contributed by atoms with Crippen molar-refractivity contribution in [2.45, 2.75) is 6.92 Å². The Balaban J connectivity index is 2.28. The summed E-state index contributed by atoms with van der Waals surface area (Å²) in [5.41, 5.74) is -0.0918. The van der Waals surface area contributed by atoms with Crippen LogP contribution in [-0.2, 0) is 0 Å². The van der Waals surface area contributed by atoms with Crippen LogP contribution in [0, 0.1) is 18.6 Å². The van der Waals surface area contributed by atoms with E-state index in [1.165, 1.54) is 21.2 Å². The molecule has 7 heteroatoms. The van der Waals surface area contributed by atoms with Gasteiger partial charge in [0, 0.05) is 18.5 Å². The second-order valence-electron chi connectivity index (χ2n) is 4.01. The summed E-state index contributed by atoms with van der Waals surface area (Å²) in [5.74, 6) is -1.40. The van der Waals surface area contributed by atoms with Crippen molar-refractivity contribution in [3.63, 3.8) is 0 Å². The summed E-state index contributed by atoms with van der Waals surface area (Å²) in [6, 6.07) is 3.24. The zero-order valence-corrected chi connectivity index (χ0v) is 9.84. The Bertz CT molecular complexity index is 837. The van der Waals surface area contributed by atoms with Gasteiger partial charge in [-0.05, 0) is 19.1 Å². The van der Waals surface area contributed by atoms with Gasteiger partial charge in [-0.1, -0.05) is 0 Å². The minimum Gasteiger partial charge on any atom is -0.281 e. The van der Waals surface area contributed by atoms with Crippen LogP contribution < -0.4 is 5.56 Å². The first-order valence-electron chi connectivity index (χ1n) is 5.46. The summed E-state index contributed by atoms with van der Waals surface area (Å²) in [5, 5.41) is 7.54. The summed E-state index contributed by atoms with van der Waals surface area (Å²) in [6.45, 7) is 1.71. The van der Waals surface area contributed by atoms with Crippen LogP contribution in [0.15, 0.2) is 35.4 Å². The monoisotopic (exact) mass is 262 g/mol. The van der Waals surface area contributed by atoms with Crippen molar-refractivity contribution in [3.8, 4) is 5.69 Å². The minimum absolute atomic E-state index is 0.129. The second kappa shape index (κ2) is 3.98. The summed E-state index contributed by atoms with van der Waals surface area (Å²) >= 11 is 0. The Kier molecular flexibility index (Phi) is 2.41. The number of aryl methyl sites for hydroxylation is 1. The lowest BCUT2D eigenvalue weighted by molar-refractivity contribution is 0.508. The molecule has 0 radical (unpaired) electrons. The SMILES string of the molecule is Cc1nnc2c(=O)n(-c3ccc(F)c(F)c3)ccn12. The van der Waals surface area contributed by atoms with Crippen LogP contribution >= 0.6 is 0 Å². The number of benzene rings is 1. The van der Waals surface area contributed by atoms with E-state index in [9.17, 15) is 13.6 Å². The van der Waals surface area contributed by atoms with Gasteiger partial charge in [0.25, 0.3) is 0 Å². The van der Waals surface area contributed by atoms with Crippen molar-refractivity contribution in [1.82, 2.24) is 19.2 Å². The number of rotatable bonds is 1. The van der Waals surface area contributed by atoms with E-state index in [0.29, 0.717) is 5.82 Å². The first-order valence-corrected chi connectivity index (χ1v) is 5.46. The Morgan fingerprint density at radius 2 is 1.89 bits per heavy atom. The molecule has 2 aromatic heterocycles. The quantitative estimate of drug-likeness (QED) is 0.667. The molecule has 96 valence electrons. The van der Waals surface area contributed by atoms with E-state index in [2.05, 4.69) is 10.2 Å². The highest BCUT2D eigenvalue weighted by Crippen LogP contribution is 2.11. The Labute approximate surface area is 105 Å². The van der Waals surface area contributed by atoms with Crippen molar-refractivity contribution in [1.29, 1.82) is 0 Å². The van der Waals surface area contributed by atoms with Crippen molar-refractivity contribution in [3.05, 3.63) is 58.4 Å². The van der Waals surface area contributed by atoms with Crippen LogP contribution in [0.4, 0.5) is 8.78 Å². The van der Waals surface area contributed by atoms with Crippen LogP contribution in [0.5, 0.6) is 0 Å². The highest BCUT2D eigenvalue weighted by Gasteiger charge is 2.10. The molecular formula is C12H8F2N4O. The predicted molar refractivity (Wildman–Crippen MR) is 63.2 cm³/mol. The van der Waals surface area contributed by atoms with Crippen molar-refractivity contribution >= 4 is 5.65 Å². The third-order valence-electron chi connectivity index (χ3n) is 2.82. The molecule has 2 heterocycles. The molecule has 3 aromatic rings. The van der Waals surface area contributed by atoms with E-state index >= 15 is 0 Å². The second-order valence-corrected chi connectivity index (χ2v) is 4.01. The molecule has 0 aliphatic carbocycles. The Hall–Kier alpha value is -2.57. The molecule has 0 spiro atoms. The average Bonchev–Trinajstić information content (AvgIpc) is 2.76. The third-order valence-corrected chi connectivity index (χ3v) is 2.82. The maximum atomic E-state index is 13.2. The Morgan fingerprint density at radius 3 is 2.63 bits per heavy atom. The molecule has 0 bridgehead atoms. The van der Waals surface area contributed by atoms with Gasteiger partial charge in [-0.3, -0.25) is 13.8 Å². The van der Waals surface area contributed by atoms with Gasteiger partial charge in [-0.15, -0.1) is 10.2 Å². The van der Waals surface area contributed by atoms with Crippen molar-refractivity contribution in [2.75, 3.05) is 0 Å². The summed E-state index contributed by atoms with van der Waals surface area (Å²) in [7, 11) is 0. The van der Waals surface area contributed by atoms with Crippen LogP contribution in [0.1, 0.15) is 5.82 Å². The predicted octanol–water partition coefficient (Wildman–Crippen LogP) is 1.47. The van der Waals surface area contributed by atoms with E-state index in [1.54, 1.807) is 13.1 Å². The number of aromatic nitrogens is 4. The molecule has 1 aromatic carbocycles. The molecule has 0 amide bonds. The Morgan fingerprint density at radius 1 is 1.11 bits per heavy atom. The molecule has 0 aliphatic rings. The molecule has 0 saturated carbocycles. The molecule has 5 nitrogen and oxygen atoms in total. The van der Waals surface area contributed by atoms with E-state index in [4.69, 9.17) is 0 Å². The van der Waals surface area contributed by atoms with E-state index in [-0.39, 0.29) is 11.3 Å². The van der Waals surface area contributed by atoms with Gasteiger partial charge in [-0.25, -0.2) is 8.78 Å². The fraction of sp³-hybridized carbons (Fsp3) is 0.0833. The molecule has 0 atom stereocenters. The maximum Gasteiger partial charge on any atom is 0.300 e. The molecule has 19 heavy (non-hydrogen) atoms. The zero-order valence-electron chi connectivity index (χ0n) is 9.84. The van der Waals surface area contributed by atoms with Crippen LogP contribution in [-0.4, -0.2) is 19.2 Å². The van der Waals surface area contributed by atoms with Gasteiger partial charge < -0.3 is 0 Å². The summed E-state index contributed by atoms with van der Waals surface area (Å²) in [6.07, 6.45) is 3.05. The van der Waals surface area contributed by atoms with Gasteiger partial charge in [0.2, 0.25) is 5.65 Å². The lowest BCUT2D eigenvalue weighted by Gasteiger charge is -2.06. The largest absolute Gasteiger partial charge is 0.300 e. The summed E-state index contributed by atoms with van der Waals surface area (Å²) in [4.78, 5) is 12.2. The topological polar surface area (TPSA) is 52.2 Å². The van der Waals surface area contributed by atoms with Gasteiger partial charge in [0.15, 0.2) is 11.6 Å². The van der Waals surface area contributed by atoms with Crippen LogP contribution in [0.25, 0.3) is 11.3 Å². The molecule has 0 N–H and O–H groups in total. The fourth-order valence-electron chi connectivity index (χ4n) is 1.84. The summed E-state index contributed by atoms with van der Waals surface area (Å²) < 4.78 is 28.8. The first kappa shape index (κ1) is 11.5. The molecule has 0 saturated heterocycles. The highest BCUT2D eigenvalue weighted by molar-refractivity contribution is 5.40. The van der Waals surface area contributed by atoms with Crippen molar-refractivity contribution in [2.24, 2.45) is 0 Å². The normalized spacial score (nSPS) is 11.1. The number of hydrogen-bond acceptors (Lipinski definition) is 3. The van der Waals surface area contributed by atoms with Crippen molar-refractivity contribution < 1.29 is 8.78 Å². The van der Waals surface area contributed by atoms with Crippen LogP contribution in [0.2, 0.25) is 0 Å². The molecule has 0 aliphatic heterocycles. The van der Waals surface area contributed by atoms with Gasteiger partial charge >= 0.3 is 5.56 Å². The third kappa shape index (κ3) is 1.70. The number of hydrogen-bond donors (Lipinski definition) is 0. The van der Waals surface area contributed by atoms with Crippen LogP contribution in [0.3, 0.4) is 0 Å². The van der Waals surface area contributed by atoms with E-state index in [0.717, 1.165) is 12.1 Å². The molecule has 0 unspecified atom stereocenters. The molecule has 3 rings (SSSR count). The molecule has 0 fully saturated rings. The molecular weight excluding hydrogens is 254 g/mol. The number of nitrogens with zero attached hydrogens (tertiary/aromatic N) is 4. The first-order chi connectivity index (χ1) is 9.08.